The highest BCUT2D eigenvalue weighted by Gasteiger charge is 2.35. The summed E-state index contributed by atoms with van der Waals surface area (Å²) < 4.78 is 0. The maximum absolute atomic E-state index is 12.9. The highest BCUT2D eigenvalue weighted by molar-refractivity contribution is 6.04. The molecule has 3 aromatic rings. The van der Waals surface area contributed by atoms with Crippen molar-refractivity contribution in [1.29, 1.82) is 0 Å². The summed E-state index contributed by atoms with van der Waals surface area (Å²) in [5.41, 5.74) is 6.06. The Morgan fingerprint density at radius 1 is 1.03 bits per heavy atom. The van der Waals surface area contributed by atoms with E-state index >= 15 is 0 Å². The van der Waals surface area contributed by atoms with Crippen molar-refractivity contribution < 1.29 is 19.5 Å². The smallest absolute Gasteiger partial charge is 0.322 e. The minimum atomic E-state index is -0.936. The number of aryl methyl sites for hydroxylation is 2. The van der Waals surface area contributed by atoms with Gasteiger partial charge in [0.1, 0.15) is 6.54 Å². The lowest BCUT2D eigenvalue weighted by molar-refractivity contribution is -0.135. The van der Waals surface area contributed by atoms with Gasteiger partial charge in [0.25, 0.3) is 0 Å². The molecule has 3 aromatic carbocycles. The van der Waals surface area contributed by atoms with Gasteiger partial charge in [-0.05, 0) is 54.8 Å². The first kappa shape index (κ1) is 23.0. The molecular formula is C27H27N3O4. The van der Waals surface area contributed by atoms with Crippen LogP contribution < -0.4 is 15.5 Å². The first-order valence-corrected chi connectivity index (χ1v) is 11.2. The molecule has 0 bridgehead atoms. The number of para-hydroxylation sites is 1. The van der Waals surface area contributed by atoms with Crippen LogP contribution in [-0.4, -0.2) is 36.0 Å². The topological polar surface area (TPSA) is 98.7 Å². The zero-order valence-corrected chi connectivity index (χ0v) is 19.2. The van der Waals surface area contributed by atoms with Gasteiger partial charge >= 0.3 is 5.97 Å². The van der Waals surface area contributed by atoms with E-state index in [0.717, 1.165) is 33.6 Å². The van der Waals surface area contributed by atoms with Crippen molar-refractivity contribution in [2.24, 2.45) is 5.92 Å². The van der Waals surface area contributed by atoms with Crippen LogP contribution in [0, 0.1) is 19.8 Å². The molecule has 0 aliphatic carbocycles. The molecule has 7 heteroatoms. The zero-order chi connectivity index (χ0) is 24.2. The molecule has 0 spiro atoms. The molecule has 0 aromatic heterocycles. The number of benzene rings is 3. The van der Waals surface area contributed by atoms with Crippen LogP contribution in [0.4, 0.5) is 17.1 Å². The van der Waals surface area contributed by atoms with Gasteiger partial charge in [0.15, 0.2) is 0 Å². The van der Waals surface area contributed by atoms with Gasteiger partial charge in [0.05, 0.1) is 5.92 Å². The van der Waals surface area contributed by atoms with Gasteiger partial charge < -0.3 is 20.6 Å². The van der Waals surface area contributed by atoms with Crippen molar-refractivity contribution in [2.75, 3.05) is 28.6 Å². The van der Waals surface area contributed by atoms with Crippen LogP contribution in [0.1, 0.15) is 17.5 Å². The normalized spacial score (nSPS) is 15.3. The monoisotopic (exact) mass is 457 g/mol. The lowest BCUT2D eigenvalue weighted by Gasteiger charge is -2.19. The van der Waals surface area contributed by atoms with E-state index in [-0.39, 0.29) is 24.8 Å². The number of hydrogen-bond acceptors (Lipinski definition) is 4. The molecule has 2 amide bonds. The summed E-state index contributed by atoms with van der Waals surface area (Å²) >= 11 is 0. The van der Waals surface area contributed by atoms with Gasteiger partial charge in [-0.25, -0.2) is 0 Å². The van der Waals surface area contributed by atoms with Crippen LogP contribution in [-0.2, 0) is 14.4 Å². The van der Waals surface area contributed by atoms with Crippen molar-refractivity contribution >= 4 is 34.8 Å². The lowest BCUT2D eigenvalue weighted by Crippen LogP contribution is -2.28. The Morgan fingerprint density at radius 2 is 1.76 bits per heavy atom. The maximum atomic E-state index is 12.9. The largest absolute Gasteiger partial charge is 0.480 e. The molecule has 1 heterocycles. The molecule has 1 aliphatic heterocycles. The Balaban J connectivity index is 1.43. The molecule has 4 rings (SSSR count). The second-order valence-electron chi connectivity index (χ2n) is 8.55. The number of nitrogens with zero attached hydrogens (tertiary/aromatic N) is 1. The summed E-state index contributed by atoms with van der Waals surface area (Å²) in [5, 5.41) is 14.8. The Kier molecular flexibility index (Phi) is 6.63. The molecule has 1 fully saturated rings. The summed E-state index contributed by atoms with van der Waals surface area (Å²) in [4.78, 5) is 38.1. The Labute approximate surface area is 198 Å². The van der Waals surface area contributed by atoms with E-state index in [9.17, 15) is 14.4 Å². The van der Waals surface area contributed by atoms with Crippen LogP contribution in [0.3, 0.4) is 0 Å². The number of carbonyl (C=O) groups excluding carboxylic acids is 2. The van der Waals surface area contributed by atoms with E-state index in [0.29, 0.717) is 12.2 Å². The standard InChI is InChI=1S/C27H27N3O4/c1-17-7-8-18(2)24(13-17)30-16-20(14-25(30)31)27(34)29-21-11-9-19(10-12-21)22-5-3-4-6-23(22)28-15-26(32)33/h3-13,20,28H,14-16H2,1-2H3,(H,29,34)(H,32,33). The van der Waals surface area contributed by atoms with Gasteiger partial charge in [-0.15, -0.1) is 0 Å². The third-order valence-electron chi connectivity index (χ3n) is 5.97. The number of anilines is 3. The number of nitrogens with one attached hydrogen (secondary N) is 2. The fraction of sp³-hybridized carbons (Fsp3) is 0.222. The summed E-state index contributed by atoms with van der Waals surface area (Å²) in [5.74, 6) is -1.59. The molecule has 0 radical (unpaired) electrons. The number of rotatable bonds is 7. The van der Waals surface area contributed by atoms with Gasteiger partial charge in [-0.3, -0.25) is 14.4 Å². The highest BCUT2D eigenvalue weighted by atomic mass is 16.4. The summed E-state index contributed by atoms with van der Waals surface area (Å²) in [7, 11) is 0. The molecule has 1 saturated heterocycles. The van der Waals surface area contributed by atoms with Crippen LogP contribution in [0.5, 0.6) is 0 Å². The van der Waals surface area contributed by atoms with E-state index < -0.39 is 11.9 Å². The van der Waals surface area contributed by atoms with E-state index in [1.54, 1.807) is 17.0 Å². The Hall–Kier alpha value is -4.13. The van der Waals surface area contributed by atoms with E-state index in [2.05, 4.69) is 10.6 Å². The van der Waals surface area contributed by atoms with Crippen molar-refractivity contribution in [1.82, 2.24) is 0 Å². The minimum Gasteiger partial charge on any atom is -0.480 e. The summed E-state index contributed by atoms with van der Waals surface area (Å²) in [6.07, 6.45) is 0.180. The molecule has 1 aliphatic rings. The quantitative estimate of drug-likeness (QED) is 0.487. The first-order chi connectivity index (χ1) is 16.3. The van der Waals surface area contributed by atoms with Crippen molar-refractivity contribution in [2.45, 2.75) is 20.3 Å². The predicted octanol–water partition coefficient (Wildman–Crippen LogP) is 4.46. The molecule has 3 N–H and O–H groups in total. The summed E-state index contributed by atoms with van der Waals surface area (Å²) in [6.45, 7) is 4.13. The van der Waals surface area contributed by atoms with E-state index in [1.165, 1.54) is 0 Å². The maximum Gasteiger partial charge on any atom is 0.322 e. The summed E-state index contributed by atoms with van der Waals surface area (Å²) in [6, 6.07) is 20.8. The molecule has 174 valence electrons. The fourth-order valence-electron chi connectivity index (χ4n) is 4.16. The minimum absolute atomic E-state index is 0.0466. The number of carboxylic acids is 1. The fourth-order valence-corrected chi connectivity index (χ4v) is 4.16. The van der Waals surface area contributed by atoms with Crippen LogP contribution in [0.2, 0.25) is 0 Å². The van der Waals surface area contributed by atoms with Gasteiger partial charge in [-0.2, -0.15) is 0 Å². The van der Waals surface area contributed by atoms with Crippen LogP contribution in [0.25, 0.3) is 11.1 Å². The third-order valence-corrected chi connectivity index (χ3v) is 5.97. The number of aliphatic carboxylic acids is 1. The van der Waals surface area contributed by atoms with Crippen molar-refractivity contribution in [3.05, 3.63) is 77.9 Å². The number of carbonyl (C=O) groups is 3. The van der Waals surface area contributed by atoms with Gasteiger partial charge in [0.2, 0.25) is 11.8 Å². The number of amides is 2. The molecular weight excluding hydrogens is 430 g/mol. The molecule has 34 heavy (non-hydrogen) atoms. The Bertz CT molecular complexity index is 1240. The average Bonchev–Trinajstić information content (AvgIpc) is 3.21. The predicted molar refractivity (Wildman–Crippen MR) is 133 cm³/mol. The molecule has 7 nitrogen and oxygen atoms in total. The highest BCUT2D eigenvalue weighted by Crippen LogP contribution is 2.31. The van der Waals surface area contributed by atoms with E-state index in [1.807, 2.05) is 68.4 Å². The lowest BCUT2D eigenvalue weighted by atomic mass is 10.0. The van der Waals surface area contributed by atoms with Gasteiger partial charge in [0, 0.05) is 35.6 Å². The first-order valence-electron chi connectivity index (χ1n) is 11.2. The molecule has 1 unspecified atom stereocenters. The third kappa shape index (κ3) is 5.09. The van der Waals surface area contributed by atoms with Crippen molar-refractivity contribution in [3.63, 3.8) is 0 Å². The molecule has 0 saturated carbocycles. The Morgan fingerprint density at radius 3 is 2.50 bits per heavy atom. The number of hydrogen-bond donors (Lipinski definition) is 3. The van der Waals surface area contributed by atoms with Gasteiger partial charge in [-0.1, -0.05) is 42.5 Å². The zero-order valence-electron chi connectivity index (χ0n) is 19.2. The van der Waals surface area contributed by atoms with Crippen LogP contribution in [0.15, 0.2) is 66.7 Å². The van der Waals surface area contributed by atoms with E-state index in [4.69, 9.17) is 5.11 Å². The average molecular weight is 458 g/mol. The SMILES string of the molecule is Cc1ccc(C)c(N2CC(C(=O)Nc3ccc(-c4ccccc4NCC(=O)O)cc3)CC2=O)c1. The van der Waals surface area contributed by atoms with Crippen LogP contribution >= 0.6 is 0 Å². The number of carboxylic acid groups (broad SMARTS) is 1. The second kappa shape index (κ2) is 9.79. The van der Waals surface area contributed by atoms with Crippen molar-refractivity contribution in [3.8, 4) is 11.1 Å². The molecule has 1 atom stereocenters. The second-order valence-corrected chi connectivity index (χ2v) is 8.55.